The molecule has 25 heavy (non-hydrogen) atoms. The molecule has 0 N–H and O–H groups in total. The fourth-order valence-electron chi connectivity index (χ4n) is 3.81. The Labute approximate surface area is 149 Å². The molecule has 2 aliphatic rings. The number of benzene rings is 1. The summed E-state index contributed by atoms with van der Waals surface area (Å²) in [6, 6.07) is 7.13. The highest BCUT2D eigenvalue weighted by molar-refractivity contribution is 6.19. The van der Waals surface area contributed by atoms with Crippen molar-refractivity contribution in [3.63, 3.8) is 0 Å². The molecular weight excluding hydrogens is 316 g/mol. The minimum atomic E-state index is -0.171. The second-order valence-electron chi connectivity index (χ2n) is 7.08. The van der Waals surface area contributed by atoms with E-state index in [2.05, 4.69) is 0 Å². The van der Waals surface area contributed by atoms with Crippen molar-refractivity contribution in [1.29, 1.82) is 0 Å². The Kier molecular flexibility index (Phi) is 5.51. The van der Waals surface area contributed by atoms with Crippen molar-refractivity contribution < 1.29 is 14.4 Å². The molecular formula is C20H26N2O3. The van der Waals surface area contributed by atoms with Gasteiger partial charge in [-0.2, -0.15) is 0 Å². The predicted octanol–water partition coefficient (Wildman–Crippen LogP) is 3.52. The molecule has 0 spiro atoms. The van der Waals surface area contributed by atoms with Gasteiger partial charge in [0.2, 0.25) is 11.8 Å². The Bertz CT molecular complexity index is 629. The maximum Gasteiger partial charge on any atom is 0.253 e. The lowest BCUT2D eigenvalue weighted by Gasteiger charge is -2.30. The molecule has 5 nitrogen and oxygen atoms in total. The van der Waals surface area contributed by atoms with Crippen molar-refractivity contribution in [1.82, 2.24) is 4.90 Å². The van der Waals surface area contributed by atoms with Crippen LogP contribution in [0.2, 0.25) is 0 Å². The fourth-order valence-corrected chi connectivity index (χ4v) is 3.81. The van der Waals surface area contributed by atoms with Gasteiger partial charge in [0.25, 0.3) is 5.91 Å². The molecule has 2 fully saturated rings. The molecule has 1 saturated heterocycles. The summed E-state index contributed by atoms with van der Waals surface area (Å²) < 4.78 is 0. The Hall–Kier alpha value is -2.17. The van der Waals surface area contributed by atoms with Gasteiger partial charge in [-0.1, -0.05) is 32.1 Å². The van der Waals surface area contributed by atoms with Crippen molar-refractivity contribution in [2.75, 3.05) is 11.9 Å². The van der Waals surface area contributed by atoms with E-state index in [4.69, 9.17) is 0 Å². The normalized spacial score (nSPS) is 19.6. The lowest BCUT2D eigenvalue weighted by molar-refractivity contribution is -0.121. The van der Waals surface area contributed by atoms with Crippen LogP contribution >= 0.6 is 0 Å². The van der Waals surface area contributed by atoms with Crippen LogP contribution in [0.5, 0.6) is 0 Å². The highest BCUT2D eigenvalue weighted by Crippen LogP contribution is 2.25. The summed E-state index contributed by atoms with van der Waals surface area (Å²) in [7, 11) is 1.88. The Balaban J connectivity index is 1.69. The molecule has 1 aliphatic heterocycles. The molecule has 1 aromatic carbocycles. The number of hydrogen-bond donors (Lipinski definition) is 0. The number of nitrogens with zero attached hydrogens (tertiary/aromatic N) is 2. The van der Waals surface area contributed by atoms with E-state index in [1.165, 1.54) is 37.0 Å². The number of hydrogen-bond acceptors (Lipinski definition) is 3. The molecule has 0 bridgehead atoms. The molecule has 134 valence electrons. The van der Waals surface area contributed by atoms with Crippen molar-refractivity contribution >= 4 is 23.4 Å². The molecule has 1 saturated carbocycles. The summed E-state index contributed by atoms with van der Waals surface area (Å²) in [5.41, 5.74) is 1.16. The molecule has 0 atom stereocenters. The van der Waals surface area contributed by atoms with Gasteiger partial charge in [-0.05, 0) is 37.1 Å². The van der Waals surface area contributed by atoms with Gasteiger partial charge in [0.05, 0.1) is 5.69 Å². The highest BCUT2D eigenvalue weighted by atomic mass is 16.2. The van der Waals surface area contributed by atoms with Crippen LogP contribution < -0.4 is 4.90 Å². The van der Waals surface area contributed by atoms with E-state index in [9.17, 15) is 14.4 Å². The van der Waals surface area contributed by atoms with Crippen LogP contribution in [0, 0.1) is 0 Å². The Morgan fingerprint density at radius 1 is 0.920 bits per heavy atom. The molecule has 0 unspecified atom stereocenters. The van der Waals surface area contributed by atoms with E-state index in [-0.39, 0.29) is 30.6 Å². The molecule has 1 aliphatic carbocycles. The first-order valence-corrected chi connectivity index (χ1v) is 9.31. The largest absolute Gasteiger partial charge is 0.339 e. The van der Waals surface area contributed by atoms with Crippen molar-refractivity contribution in [3.8, 4) is 0 Å². The first-order valence-electron chi connectivity index (χ1n) is 9.31. The van der Waals surface area contributed by atoms with Gasteiger partial charge in [-0.3, -0.25) is 19.3 Å². The van der Waals surface area contributed by atoms with Gasteiger partial charge in [-0.25, -0.2) is 0 Å². The van der Waals surface area contributed by atoms with Gasteiger partial charge in [0.1, 0.15) is 0 Å². The molecule has 0 radical (unpaired) electrons. The van der Waals surface area contributed by atoms with Gasteiger partial charge in [0, 0.05) is 31.5 Å². The van der Waals surface area contributed by atoms with E-state index >= 15 is 0 Å². The van der Waals surface area contributed by atoms with Gasteiger partial charge >= 0.3 is 0 Å². The molecule has 1 heterocycles. The first kappa shape index (κ1) is 17.6. The van der Waals surface area contributed by atoms with E-state index < -0.39 is 0 Å². The maximum absolute atomic E-state index is 12.8. The Morgan fingerprint density at radius 2 is 1.44 bits per heavy atom. The van der Waals surface area contributed by atoms with Gasteiger partial charge in [0.15, 0.2) is 0 Å². The number of carbonyl (C=O) groups excluding carboxylic acids is 3. The number of anilines is 1. The summed E-state index contributed by atoms with van der Waals surface area (Å²) in [5, 5.41) is 0. The summed E-state index contributed by atoms with van der Waals surface area (Å²) >= 11 is 0. The standard InChI is InChI=1S/C20H26N2O3/c1-21(16-7-5-3-2-4-6-8-16)20(25)15-9-11-17(12-10-15)22-18(23)13-14-19(22)24/h9-12,16H,2-8,13-14H2,1H3. The fraction of sp³-hybridized carbons (Fsp3) is 0.550. The monoisotopic (exact) mass is 342 g/mol. The van der Waals surface area contributed by atoms with Crippen molar-refractivity contribution in [2.45, 2.75) is 63.8 Å². The summed E-state index contributed by atoms with van der Waals surface area (Å²) in [4.78, 5) is 39.5. The second kappa shape index (κ2) is 7.81. The van der Waals surface area contributed by atoms with Gasteiger partial charge < -0.3 is 4.90 Å². The lowest BCUT2D eigenvalue weighted by atomic mass is 9.95. The number of amides is 3. The third-order valence-corrected chi connectivity index (χ3v) is 5.37. The third kappa shape index (κ3) is 3.91. The number of carbonyl (C=O) groups is 3. The van der Waals surface area contributed by atoms with E-state index in [1.54, 1.807) is 24.3 Å². The van der Waals surface area contributed by atoms with E-state index in [0.29, 0.717) is 17.3 Å². The Morgan fingerprint density at radius 3 is 2.00 bits per heavy atom. The number of rotatable bonds is 3. The van der Waals surface area contributed by atoms with Gasteiger partial charge in [-0.15, -0.1) is 0 Å². The molecule has 3 rings (SSSR count). The van der Waals surface area contributed by atoms with Crippen molar-refractivity contribution in [3.05, 3.63) is 29.8 Å². The molecule has 0 aromatic heterocycles. The average Bonchev–Trinajstić information content (AvgIpc) is 2.92. The lowest BCUT2D eigenvalue weighted by Crippen LogP contribution is -2.37. The smallest absolute Gasteiger partial charge is 0.253 e. The predicted molar refractivity (Wildman–Crippen MR) is 96.4 cm³/mol. The zero-order valence-electron chi connectivity index (χ0n) is 14.9. The highest BCUT2D eigenvalue weighted by Gasteiger charge is 2.30. The average molecular weight is 342 g/mol. The van der Waals surface area contributed by atoms with Crippen LogP contribution in [0.25, 0.3) is 0 Å². The molecule has 1 aromatic rings. The van der Waals surface area contributed by atoms with Crippen LogP contribution in [0.1, 0.15) is 68.1 Å². The molecule has 5 heteroatoms. The summed E-state index contributed by atoms with van der Waals surface area (Å²) in [5.74, 6) is -0.331. The first-order chi connectivity index (χ1) is 12.1. The van der Waals surface area contributed by atoms with E-state index in [1.807, 2.05) is 11.9 Å². The van der Waals surface area contributed by atoms with Crippen LogP contribution in [0.15, 0.2) is 24.3 Å². The zero-order valence-corrected chi connectivity index (χ0v) is 14.9. The maximum atomic E-state index is 12.8. The minimum Gasteiger partial charge on any atom is -0.339 e. The molecule has 3 amide bonds. The van der Waals surface area contributed by atoms with Crippen LogP contribution in [0.3, 0.4) is 0 Å². The summed E-state index contributed by atoms with van der Waals surface area (Å²) in [6.07, 6.45) is 8.85. The van der Waals surface area contributed by atoms with Crippen LogP contribution in [0.4, 0.5) is 5.69 Å². The quantitative estimate of drug-likeness (QED) is 0.790. The minimum absolute atomic E-state index is 0.0104. The van der Waals surface area contributed by atoms with Crippen LogP contribution in [-0.4, -0.2) is 35.7 Å². The van der Waals surface area contributed by atoms with Crippen LogP contribution in [-0.2, 0) is 9.59 Å². The SMILES string of the molecule is CN(C(=O)c1ccc(N2C(=O)CCC2=O)cc1)C1CCCCCCC1. The third-order valence-electron chi connectivity index (χ3n) is 5.37. The zero-order chi connectivity index (χ0) is 17.8. The van der Waals surface area contributed by atoms with E-state index in [0.717, 1.165) is 12.8 Å². The van der Waals surface area contributed by atoms with Crippen molar-refractivity contribution in [2.24, 2.45) is 0 Å². The topological polar surface area (TPSA) is 57.7 Å². The summed E-state index contributed by atoms with van der Waals surface area (Å²) in [6.45, 7) is 0. The second-order valence-corrected chi connectivity index (χ2v) is 7.08. The number of imide groups is 1.